The lowest BCUT2D eigenvalue weighted by atomic mass is 10.1. The smallest absolute Gasteiger partial charge is 0.0953 e. The Hall–Kier alpha value is -0.570. The van der Waals surface area contributed by atoms with E-state index in [0.29, 0.717) is 6.10 Å². The van der Waals surface area contributed by atoms with Crippen LogP contribution in [-0.4, -0.2) is 19.2 Å². The molecule has 118 valence electrons. The first-order valence-corrected chi connectivity index (χ1v) is 8.79. The highest BCUT2D eigenvalue weighted by molar-refractivity contribution is 6.30. The first-order chi connectivity index (χ1) is 10.3. The molecule has 0 aliphatic heterocycles. The fourth-order valence-electron chi connectivity index (χ4n) is 2.97. The molecule has 1 saturated carbocycles. The van der Waals surface area contributed by atoms with E-state index in [1.54, 1.807) is 0 Å². The summed E-state index contributed by atoms with van der Waals surface area (Å²) >= 11 is 6.14. The van der Waals surface area contributed by atoms with Crippen LogP contribution in [0, 0.1) is 0 Å². The SMILES string of the molecule is CCCNCC(OC1CCCCCC1)c1cccc(Cl)c1. The van der Waals surface area contributed by atoms with Gasteiger partial charge in [0.25, 0.3) is 0 Å². The predicted molar refractivity (Wildman–Crippen MR) is 89.9 cm³/mol. The van der Waals surface area contributed by atoms with Gasteiger partial charge in [0.05, 0.1) is 12.2 Å². The van der Waals surface area contributed by atoms with Crippen LogP contribution in [0.4, 0.5) is 0 Å². The van der Waals surface area contributed by atoms with Crippen molar-refractivity contribution in [3.63, 3.8) is 0 Å². The second kappa shape index (κ2) is 9.45. The standard InChI is InChI=1S/C18H28ClNO/c1-2-12-20-14-18(15-8-7-9-16(19)13-15)21-17-10-5-3-4-6-11-17/h7-9,13,17-18,20H,2-6,10-12,14H2,1H3. The summed E-state index contributed by atoms with van der Waals surface area (Å²) in [5.74, 6) is 0. The molecule has 2 nitrogen and oxygen atoms in total. The molecule has 3 heteroatoms. The van der Waals surface area contributed by atoms with Crippen molar-refractivity contribution in [2.75, 3.05) is 13.1 Å². The van der Waals surface area contributed by atoms with Crippen molar-refractivity contribution in [3.05, 3.63) is 34.9 Å². The molecule has 1 aliphatic carbocycles. The molecule has 0 amide bonds. The van der Waals surface area contributed by atoms with Crippen LogP contribution >= 0.6 is 11.6 Å². The van der Waals surface area contributed by atoms with E-state index in [0.717, 1.165) is 24.5 Å². The van der Waals surface area contributed by atoms with Gasteiger partial charge in [-0.1, -0.05) is 56.3 Å². The molecule has 21 heavy (non-hydrogen) atoms. The highest BCUT2D eigenvalue weighted by Crippen LogP contribution is 2.27. The van der Waals surface area contributed by atoms with Gasteiger partial charge in [0.15, 0.2) is 0 Å². The highest BCUT2D eigenvalue weighted by Gasteiger charge is 2.19. The van der Waals surface area contributed by atoms with E-state index in [2.05, 4.69) is 18.3 Å². The topological polar surface area (TPSA) is 21.3 Å². The van der Waals surface area contributed by atoms with Gasteiger partial charge in [-0.15, -0.1) is 0 Å². The molecule has 1 aromatic carbocycles. The summed E-state index contributed by atoms with van der Waals surface area (Å²) in [6.07, 6.45) is 9.37. The normalized spacial score (nSPS) is 18.4. The first kappa shape index (κ1) is 16.8. The van der Waals surface area contributed by atoms with E-state index in [9.17, 15) is 0 Å². The van der Waals surface area contributed by atoms with E-state index >= 15 is 0 Å². The average molecular weight is 310 g/mol. The summed E-state index contributed by atoms with van der Waals surface area (Å²) in [4.78, 5) is 0. The number of halogens is 1. The van der Waals surface area contributed by atoms with Crippen LogP contribution in [0.15, 0.2) is 24.3 Å². The van der Waals surface area contributed by atoms with Gasteiger partial charge in [0, 0.05) is 11.6 Å². The lowest BCUT2D eigenvalue weighted by Gasteiger charge is -2.25. The molecule has 0 heterocycles. The Balaban J connectivity index is 2.00. The van der Waals surface area contributed by atoms with Crippen LogP contribution in [0.5, 0.6) is 0 Å². The van der Waals surface area contributed by atoms with Crippen LogP contribution in [0.25, 0.3) is 0 Å². The summed E-state index contributed by atoms with van der Waals surface area (Å²) in [6.45, 7) is 4.09. The minimum atomic E-state index is 0.110. The number of hydrogen-bond donors (Lipinski definition) is 1. The summed E-state index contributed by atoms with van der Waals surface area (Å²) in [6, 6.07) is 8.10. The van der Waals surface area contributed by atoms with Crippen molar-refractivity contribution in [1.82, 2.24) is 5.32 Å². The van der Waals surface area contributed by atoms with Gasteiger partial charge in [-0.2, -0.15) is 0 Å². The average Bonchev–Trinajstić information content (AvgIpc) is 2.75. The predicted octanol–water partition coefficient (Wildman–Crippen LogP) is 5.12. The number of hydrogen-bond acceptors (Lipinski definition) is 2. The molecular weight excluding hydrogens is 282 g/mol. The molecule has 0 bridgehead atoms. The summed E-state index contributed by atoms with van der Waals surface area (Å²) in [5.41, 5.74) is 1.19. The van der Waals surface area contributed by atoms with Gasteiger partial charge in [0.2, 0.25) is 0 Å². The molecule has 2 rings (SSSR count). The molecule has 1 aliphatic rings. The zero-order valence-corrected chi connectivity index (χ0v) is 13.9. The third kappa shape index (κ3) is 5.98. The third-order valence-electron chi connectivity index (χ3n) is 4.14. The molecule has 1 fully saturated rings. The fourth-order valence-corrected chi connectivity index (χ4v) is 3.17. The van der Waals surface area contributed by atoms with Crippen molar-refractivity contribution in [2.24, 2.45) is 0 Å². The lowest BCUT2D eigenvalue weighted by Crippen LogP contribution is -2.27. The molecular formula is C18H28ClNO. The molecule has 1 unspecified atom stereocenters. The maximum absolute atomic E-state index is 6.44. The Morgan fingerprint density at radius 2 is 2.00 bits per heavy atom. The number of ether oxygens (including phenoxy) is 1. The number of nitrogens with one attached hydrogen (secondary N) is 1. The Morgan fingerprint density at radius 3 is 2.67 bits per heavy atom. The fraction of sp³-hybridized carbons (Fsp3) is 0.667. The van der Waals surface area contributed by atoms with Crippen LogP contribution in [0.1, 0.15) is 63.5 Å². The lowest BCUT2D eigenvalue weighted by molar-refractivity contribution is -0.0200. The maximum atomic E-state index is 6.44. The van der Waals surface area contributed by atoms with Gasteiger partial charge in [-0.25, -0.2) is 0 Å². The van der Waals surface area contributed by atoms with Gasteiger partial charge in [-0.05, 0) is 43.5 Å². The summed E-state index contributed by atoms with van der Waals surface area (Å²) in [5, 5.41) is 4.28. The Kier molecular flexibility index (Phi) is 7.56. The summed E-state index contributed by atoms with van der Waals surface area (Å²) in [7, 11) is 0. The Labute approximate surface area is 134 Å². The molecule has 0 radical (unpaired) electrons. The number of rotatable bonds is 7. The second-order valence-corrected chi connectivity index (χ2v) is 6.43. The molecule has 0 spiro atoms. The van der Waals surface area contributed by atoms with Crippen LogP contribution in [0.2, 0.25) is 5.02 Å². The molecule has 0 aromatic heterocycles. The van der Waals surface area contributed by atoms with Crippen molar-refractivity contribution in [3.8, 4) is 0 Å². The minimum Gasteiger partial charge on any atom is -0.369 e. The van der Waals surface area contributed by atoms with Crippen LogP contribution in [-0.2, 0) is 4.74 Å². The van der Waals surface area contributed by atoms with Crippen molar-refractivity contribution < 1.29 is 4.74 Å². The van der Waals surface area contributed by atoms with E-state index in [1.165, 1.54) is 44.1 Å². The zero-order chi connectivity index (χ0) is 14.9. The van der Waals surface area contributed by atoms with Crippen molar-refractivity contribution in [2.45, 2.75) is 64.1 Å². The Morgan fingerprint density at radius 1 is 1.24 bits per heavy atom. The monoisotopic (exact) mass is 309 g/mol. The van der Waals surface area contributed by atoms with Gasteiger partial charge in [-0.3, -0.25) is 0 Å². The second-order valence-electron chi connectivity index (χ2n) is 6.00. The van der Waals surface area contributed by atoms with E-state index in [-0.39, 0.29) is 6.10 Å². The summed E-state index contributed by atoms with van der Waals surface area (Å²) < 4.78 is 6.44. The number of benzene rings is 1. The first-order valence-electron chi connectivity index (χ1n) is 8.41. The van der Waals surface area contributed by atoms with Crippen LogP contribution in [0.3, 0.4) is 0 Å². The van der Waals surface area contributed by atoms with Gasteiger partial charge < -0.3 is 10.1 Å². The maximum Gasteiger partial charge on any atom is 0.0953 e. The van der Waals surface area contributed by atoms with E-state index in [1.807, 2.05) is 18.2 Å². The van der Waals surface area contributed by atoms with Crippen molar-refractivity contribution >= 4 is 11.6 Å². The van der Waals surface area contributed by atoms with E-state index < -0.39 is 0 Å². The molecule has 1 atom stereocenters. The van der Waals surface area contributed by atoms with Gasteiger partial charge in [0.1, 0.15) is 0 Å². The van der Waals surface area contributed by atoms with Gasteiger partial charge >= 0.3 is 0 Å². The largest absolute Gasteiger partial charge is 0.369 e. The zero-order valence-electron chi connectivity index (χ0n) is 13.1. The van der Waals surface area contributed by atoms with Crippen LogP contribution < -0.4 is 5.32 Å². The molecule has 1 N–H and O–H groups in total. The molecule has 1 aromatic rings. The Bertz CT molecular complexity index is 402. The third-order valence-corrected chi connectivity index (χ3v) is 4.37. The minimum absolute atomic E-state index is 0.110. The highest BCUT2D eigenvalue weighted by atomic mass is 35.5. The van der Waals surface area contributed by atoms with Crippen molar-refractivity contribution in [1.29, 1.82) is 0 Å². The molecule has 0 saturated heterocycles. The van der Waals surface area contributed by atoms with E-state index in [4.69, 9.17) is 16.3 Å². The quantitative estimate of drug-likeness (QED) is 0.557.